The smallest absolute Gasteiger partial charge is 0.0718 e. The predicted octanol–water partition coefficient (Wildman–Crippen LogP) is 1.88. The number of hydrogen-bond acceptors (Lipinski definition) is 2. The number of ether oxygens (including phenoxy) is 1. The van der Waals surface area contributed by atoms with Crippen molar-refractivity contribution in [2.75, 3.05) is 25.0 Å². The van der Waals surface area contributed by atoms with Crippen molar-refractivity contribution in [3.05, 3.63) is 0 Å². The molecule has 13 heavy (non-hydrogen) atoms. The minimum Gasteiger partial charge on any atom is -0.375 e. The van der Waals surface area contributed by atoms with E-state index < -0.39 is 0 Å². The topological polar surface area (TPSA) is 12.5 Å². The van der Waals surface area contributed by atoms with Crippen LogP contribution in [0, 0.1) is 5.41 Å². The summed E-state index contributed by atoms with van der Waals surface area (Å²) in [6.45, 7) is 7.94. The van der Waals surface area contributed by atoms with E-state index in [0.717, 1.165) is 18.5 Å². The highest BCUT2D eigenvalue weighted by atomic mass is 79.9. The molecule has 0 amide bonds. The molecular weight excluding hydrogens is 230 g/mol. The van der Waals surface area contributed by atoms with Gasteiger partial charge in [-0.1, -0.05) is 29.8 Å². The first-order valence-electron chi connectivity index (χ1n) is 5.02. The van der Waals surface area contributed by atoms with Crippen LogP contribution < -0.4 is 0 Å². The summed E-state index contributed by atoms with van der Waals surface area (Å²) in [4.78, 5) is 2.59. The van der Waals surface area contributed by atoms with Gasteiger partial charge < -0.3 is 4.74 Å². The molecule has 2 bridgehead atoms. The van der Waals surface area contributed by atoms with E-state index in [1.165, 1.54) is 13.0 Å². The fourth-order valence-electron chi connectivity index (χ4n) is 2.26. The number of rotatable bonds is 3. The highest BCUT2D eigenvalue weighted by Crippen LogP contribution is 2.31. The van der Waals surface area contributed by atoms with Crippen LogP contribution in [0.25, 0.3) is 0 Å². The lowest BCUT2D eigenvalue weighted by molar-refractivity contribution is 0.0186. The number of halogens is 1. The Morgan fingerprint density at radius 2 is 2.31 bits per heavy atom. The van der Waals surface area contributed by atoms with Crippen molar-refractivity contribution in [2.24, 2.45) is 5.41 Å². The lowest BCUT2D eigenvalue weighted by atomic mass is 9.95. The predicted molar refractivity (Wildman–Crippen MR) is 57.3 cm³/mol. The zero-order valence-electron chi connectivity index (χ0n) is 8.42. The molecule has 0 aromatic carbocycles. The number of morpholine rings is 1. The summed E-state index contributed by atoms with van der Waals surface area (Å²) in [5.41, 5.74) is 0.393. The Kier molecular flexibility index (Phi) is 2.69. The highest BCUT2D eigenvalue weighted by molar-refractivity contribution is 9.09. The van der Waals surface area contributed by atoms with Crippen LogP contribution in [0.3, 0.4) is 0 Å². The second-order valence-corrected chi connectivity index (χ2v) is 5.63. The van der Waals surface area contributed by atoms with Gasteiger partial charge in [0.15, 0.2) is 0 Å². The fourth-order valence-corrected chi connectivity index (χ4v) is 2.44. The van der Waals surface area contributed by atoms with E-state index >= 15 is 0 Å². The van der Waals surface area contributed by atoms with Crippen molar-refractivity contribution < 1.29 is 4.74 Å². The maximum Gasteiger partial charge on any atom is 0.0718 e. The van der Waals surface area contributed by atoms with Crippen LogP contribution in [0.4, 0.5) is 0 Å². The van der Waals surface area contributed by atoms with E-state index in [1.54, 1.807) is 0 Å². The van der Waals surface area contributed by atoms with Gasteiger partial charge in [-0.05, 0) is 11.8 Å². The van der Waals surface area contributed by atoms with Gasteiger partial charge in [-0.2, -0.15) is 0 Å². The van der Waals surface area contributed by atoms with E-state index in [-0.39, 0.29) is 0 Å². The van der Waals surface area contributed by atoms with Crippen LogP contribution >= 0.6 is 15.9 Å². The minimum atomic E-state index is 0.393. The molecule has 0 radical (unpaired) electrons. The van der Waals surface area contributed by atoms with Gasteiger partial charge >= 0.3 is 0 Å². The van der Waals surface area contributed by atoms with Crippen LogP contribution in [-0.4, -0.2) is 42.1 Å². The number of likely N-dealkylation sites (tertiary alicyclic amines) is 1. The molecule has 2 unspecified atom stereocenters. The van der Waals surface area contributed by atoms with Gasteiger partial charge in [-0.3, -0.25) is 4.90 Å². The fraction of sp³-hybridized carbons (Fsp3) is 1.00. The average molecular weight is 248 g/mol. The summed E-state index contributed by atoms with van der Waals surface area (Å²) in [6, 6.07) is 0.711. The molecule has 2 aliphatic rings. The van der Waals surface area contributed by atoms with Crippen LogP contribution in [0.2, 0.25) is 0 Å². The van der Waals surface area contributed by atoms with Crippen LogP contribution in [-0.2, 0) is 4.74 Å². The molecule has 2 fully saturated rings. The Hall–Kier alpha value is 0.400. The summed E-state index contributed by atoms with van der Waals surface area (Å²) >= 11 is 3.57. The van der Waals surface area contributed by atoms with Gasteiger partial charge in [0.1, 0.15) is 0 Å². The molecule has 2 aliphatic heterocycles. The first kappa shape index (κ1) is 9.94. The van der Waals surface area contributed by atoms with E-state index in [4.69, 9.17) is 4.74 Å². The molecule has 2 saturated heterocycles. The summed E-state index contributed by atoms with van der Waals surface area (Å²) < 4.78 is 5.58. The molecule has 0 spiro atoms. The van der Waals surface area contributed by atoms with Gasteiger partial charge in [0.25, 0.3) is 0 Å². The molecular formula is C10H18BrNO. The number of alkyl halides is 1. The Labute approximate surface area is 88.8 Å². The van der Waals surface area contributed by atoms with Crippen LogP contribution in [0.15, 0.2) is 0 Å². The number of fused-ring (bicyclic) bond motifs is 2. The van der Waals surface area contributed by atoms with Crippen LogP contribution in [0.5, 0.6) is 0 Å². The number of hydrogen-bond donors (Lipinski definition) is 0. The first-order valence-corrected chi connectivity index (χ1v) is 6.14. The molecule has 76 valence electrons. The van der Waals surface area contributed by atoms with Gasteiger partial charge in [0, 0.05) is 24.5 Å². The zero-order valence-corrected chi connectivity index (χ0v) is 10.0. The average Bonchev–Trinajstić information content (AvgIpc) is 2.64. The second kappa shape index (κ2) is 3.52. The lowest BCUT2D eigenvalue weighted by Gasteiger charge is -2.33. The molecule has 2 nitrogen and oxygen atoms in total. The summed E-state index contributed by atoms with van der Waals surface area (Å²) in [5.74, 6) is 0. The van der Waals surface area contributed by atoms with E-state index in [1.807, 2.05) is 0 Å². The Morgan fingerprint density at radius 1 is 1.54 bits per heavy atom. The molecule has 0 saturated carbocycles. The maximum absolute atomic E-state index is 5.58. The van der Waals surface area contributed by atoms with Gasteiger partial charge in [-0.25, -0.2) is 0 Å². The maximum atomic E-state index is 5.58. The molecule has 3 heteroatoms. The largest absolute Gasteiger partial charge is 0.375 e. The quantitative estimate of drug-likeness (QED) is 0.707. The molecule has 0 aromatic heterocycles. The first-order chi connectivity index (χ1) is 6.11. The lowest BCUT2D eigenvalue weighted by Crippen LogP contribution is -2.43. The van der Waals surface area contributed by atoms with Crippen molar-refractivity contribution in [1.29, 1.82) is 0 Å². The third kappa shape index (κ3) is 2.08. The zero-order chi connectivity index (χ0) is 9.47. The Morgan fingerprint density at radius 3 is 2.77 bits per heavy atom. The standard InChI is InChI=1S/C10H18BrNO/c1-10(2,6-11)7-12-4-9-3-8(12)5-13-9/h8-9H,3-7H2,1-2H3. The van der Waals surface area contributed by atoms with Crippen molar-refractivity contribution in [1.82, 2.24) is 4.90 Å². The summed E-state index contributed by atoms with van der Waals surface area (Å²) in [7, 11) is 0. The summed E-state index contributed by atoms with van der Waals surface area (Å²) in [5, 5.41) is 1.08. The van der Waals surface area contributed by atoms with Crippen molar-refractivity contribution in [3.8, 4) is 0 Å². The van der Waals surface area contributed by atoms with Gasteiger partial charge in [-0.15, -0.1) is 0 Å². The van der Waals surface area contributed by atoms with Crippen molar-refractivity contribution in [2.45, 2.75) is 32.4 Å². The highest BCUT2D eigenvalue weighted by Gasteiger charge is 2.40. The van der Waals surface area contributed by atoms with E-state index in [9.17, 15) is 0 Å². The summed E-state index contributed by atoms with van der Waals surface area (Å²) in [6.07, 6.45) is 1.80. The Balaban J connectivity index is 1.89. The minimum absolute atomic E-state index is 0.393. The monoisotopic (exact) mass is 247 g/mol. The van der Waals surface area contributed by atoms with Crippen molar-refractivity contribution >= 4 is 15.9 Å². The Bertz CT molecular complexity index is 195. The van der Waals surface area contributed by atoms with Gasteiger partial charge in [0.2, 0.25) is 0 Å². The van der Waals surface area contributed by atoms with Crippen molar-refractivity contribution in [3.63, 3.8) is 0 Å². The number of nitrogens with zero attached hydrogens (tertiary/aromatic N) is 1. The molecule has 2 atom stereocenters. The second-order valence-electron chi connectivity index (χ2n) is 5.07. The van der Waals surface area contributed by atoms with Gasteiger partial charge in [0.05, 0.1) is 12.7 Å². The van der Waals surface area contributed by atoms with E-state index in [2.05, 4.69) is 34.7 Å². The normalized spacial score (nSPS) is 34.4. The third-order valence-electron chi connectivity index (χ3n) is 3.01. The van der Waals surface area contributed by atoms with Crippen LogP contribution in [0.1, 0.15) is 20.3 Å². The molecule has 0 aliphatic carbocycles. The van der Waals surface area contributed by atoms with E-state index in [0.29, 0.717) is 17.6 Å². The molecule has 0 N–H and O–H groups in total. The molecule has 2 rings (SSSR count). The third-order valence-corrected chi connectivity index (χ3v) is 4.52. The molecule has 2 heterocycles. The SMILES string of the molecule is CC(C)(CBr)CN1CC2CC1CO2. The molecule has 0 aromatic rings.